The topological polar surface area (TPSA) is 77.1 Å². The summed E-state index contributed by atoms with van der Waals surface area (Å²) in [5.74, 6) is -0.260. The molecule has 41 heavy (non-hydrogen) atoms. The van der Waals surface area contributed by atoms with Gasteiger partial charge in [0.2, 0.25) is 17.7 Å². The Morgan fingerprint density at radius 1 is 0.878 bits per heavy atom. The largest absolute Gasteiger partial charge is 0.313 e. The first-order valence-corrected chi connectivity index (χ1v) is 14.4. The highest BCUT2D eigenvalue weighted by atomic mass is 16.2. The molecule has 3 amide bonds. The third-order valence-corrected chi connectivity index (χ3v) is 8.38. The maximum absolute atomic E-state index is 13.3. The minimum Gasteiger partial charge on any atom is -0.313 e. The number of carbonyl (C=O) groups is 3. The number of nitrogens with zero attached hydrogens (tertiary/aromatic N) is 5. The third kappa shape index (κ3) is 5.48. The SMILES string of the molecule is CCN1C(=O)C(C)(C)C(=O)N(C)c2cc(CN(CCN3C(=O)CCc4ccccc43)Cc3cccnc3C)ccc21. The monoisotopic (exact) mass is 553 g/mol. The number of pyridine rings is 1. The highest BCUT2D eigenvalue weighted by molar-refractivity contribution is 6.19. The Labute approximate surface area is 242 Å². The number of amides is 3. The van der Waals surface area contributed by atoms with Crippen molar-refractivity contribution in [2.75, 3.05) is 41.4 Å². The van der Waals surface area contributed by atoms with Crippen LogP contribution in [0.5, 0.6) is 0 Å². The average Bonchev–Trinajstić information content (AvgIpc) is 3.02. The van der Waals surface area contributed by atoms with E-state index in [1.165, 1.54) is 5.56 Å². The highest BCUT2D eigenvalue weighted by Crippen LogP contribution is 2.39. The van der Waals surface area contributed by atoms with Crippen molar-refractivity contribution in [3.8, 4) is 0 Å². The molecule has 0 fully saturated rings. The zero-order valence-corrected chi connectivity index (χ0v) is 24.7. The van der Waals surface area contributed by atoms with Crippen LogP contribution in [0.3, 0.4) is 0 Å². The van der Waals surface area contributed by atoms with Crippen molar-refractivity contribution in [3.63, 3.8) is 0 Å². The summed E-state index contributed by atoms with van der Waals surface area (Å²) in [5.41, 5.74) is 5.66. The van der Waals surface area contributed by atoms with Crippen LogP contribution in [-0.4, -0.2) is 54.3 Å². The van der Waals surface area contributed by atoms with Gasteiger partial charge >= 0.3 is 0 Å². The Balaban J connectivity index is 1.45. The summed E-state index contributed by atoms with van der Waals surface area (Å²) >= 11 is 0. The summed E-state index contributed by atoms with van der Waals surface area (Å²) in [7, 11) is 1.75. The van der Waals surface area contributed by atoms with Crippen molar-refractivity contribution < 1.29 is 14.4 Å². The molecule has 2 aliphatic rings. The lowest BCUT2D eigenvalue weighted by molar-refractivity contribution is -0.137. The number of rotatable bonds is 8. The average molecular weight is 554 g/mol. The summed E-state index contributed by atoms with van der Waals surface area (Å²) in [6, 6.07) is 18.2. The van der Waals surface area contributed by atoms with E-state index in [4.69, 9.17) is 0 Å². The van der Waals surface area contributed by atoms with Gasteiger partial charge < -0.3 is 14.7 Å². The normalized spacial score (nSPS) is 16.6. The van der Waals surface area contributed by atoms with Gasteiger partial charge in [-0.05, 0) is 75.1 Å². The van der Waals surface area contributed by atoms with E-state index >= 15 is 0 Å². The van der Waals surface area contributed by atoms with Crippen molar-refractivity contribution >= 4 is 34.8 Å². The summed E-state index contributed by atoms with van der Waals surface area (Å²) in [4.78, 5) is 51.6. The lowest BCUT2D eigenvalue weighted by Gasteiger charge is -2.32. The number of para-hydroxylation sites is 1. The number of fused-ring (bicyclic) bond motifs is 2. The van der Waals surface area contributed by atoms with Crippen LogP contribution in [0.4, 0.5) is 17.1 Å². The zero-order valence-electron chi connectivity index (χ0n) is 24.7. The first-order chi connectivity index (χ1) is 19.6. The molecule has 0 saturated carbocycles. The molecular weight excluding hydrogens is 514 g/mol. The second-order valence-electron chi connectivity index (χ2n) is 11.5. The van der Waals surface area contributed by atoms with Gasteiger partial charge in [0, 0.05) is 63.8 Å². The van der Waals surface area contributed by atoms with E-state index in [2.05, 4.69) is 22.0 Å². The molecule has 2 aromatic carbocycles. The van der Waals surface area contributed by atoms with Gasteiger partial charge in [-0.1, -0.05) is 30.3 Å². The molecule has 0 unspecified atom stereocenters. The fourth-order valence-electron chi connectivity index (χ4n) is 5.93. The van der Waals surface area contributed by atoms with Gasteiger partial charge in [0.1, 0.15) is 5.41 Å². The first-order valence-electron chi connectivity index (χ1n) is 14.4. The number of hydrogen-bond donors (Lipinski definition) is 0. The van der Waals surface area contributed by atoms with Crippen LogP contribution < -0.4 is 14.7 Å². The molecule has 0 atom stereocenters. The zero-order chi connectivity index (χ0) is 29.3. The summed E-state index contributed by atoms with van der Waals surface area (Å²) < 4.78 is 0. The molecular formula is C33H39N5O3. The van der Waals surface area contributed by atoms with Gasteiger partial charge in [-0.2, -0.15) is 0 Å². The van der Waals surface area contributed by atoms with Gasteiger partial charge in [-0.15, -0.1) is 0 Å². The number of aromatic nitrogens is 1. The number of hydrogen-bond acceptors (Lipinski definition) is 5. The van der Waals surface area contributed by atoms with Crippen molar-refractivity contribution in [2.45, 2.75) is 53.6 Å². The Kier molecular flexibility index (Phi) is 7.95. The van der Waals surface area contributed by atoms with Crippen LogP contribution >= 0.6 is 0 Å². The minimum atomic E-state index is -1.15. The number of carbonyl (C=O) groups excluding carboxylic acids is 3. The Morgan fingerprint density at radius 3 is 2.41 bits per heavy atom. The second-order valence-corrected chi connectivity index (χ2v) is 11.5. The lowest BCUT2D eigenvalue weighted by atomic mass is 9.90. The summed E-state index contributed by atoms with van der Waals surface area (Å²) in [5, 5.41) is 0. The molecule has 0 spiro atoms. The molecule has 8 heteroatoms. The smallest absolute Gasteiger partial charge is 0.242 e. The van der Waals surface area contributed by atoms with Gasteiger partial charge in [0.05, 0.1) is 11.4 Å². The molecule has 2 aliphatic heterocycles. The lowest BCUT2D eigenvalue weighted by Crippen LogP contribution is -2.47. The molecule has 1 aromatic heterocycles. The van der Waals surface area contributed by atoms with Crippen LogP contribution in [0, 0.1) is 12.3 Å². The number of aryl methyl sites for hydroxylation is 2. The van der Waals surface area contributed by atoms with E-state index in [0.29, 0.717) is 39.1 Å². The van der Waals surface area contributed by atoms with Gasteiger partial charge in [-0.25, -0.2) is 0 Å². The number of benzene rings is 2. The Morgan fingerprint density at radius 2 is 1.66 bits per heavy atom. The summed E-state index contributed by atoms with van der Waals surface area (Å²) in [6.45, 7) is 10.3. The predicted molar refractivity (Wildman–Crippen MR) is 162 cm³/mol. The van der Waals surface area contributed by atoms with E-state index in [1.54, 1.807) is 36.9 Å². The molecule has 0 N–H and O–H groups in total. The van der Waals surface area contributed by atoms with E-state index in [1.807, 2.05) is 61.2 Å². The van der Waals surface area contributed by atoms with Crippen molar-refractivity contribution in [2.24, 2.45) is 5.41 Å². The molecule has 3 heterocycles. The summed E-state index contributed by atoms with van der Waals surface area (Å²) in [6.07, 6.45) is 3.10. The third-order valence-electron chi connectivity index (χ3n) is 8.38. The fourth-order valence-corrected chi connectivity index (χ4v) is 5.93. The molecule has 3 aromatic rings. The van der Waals surface area contributed by atoms with E-state index in [-0.39, 0.29) is 17.7 Å². The maximum Gasteiger partial charge on any atom is 0.242 e. The molecule has 5 rings (SSSR count). The van der Waals surface area contributed by atoms with E-state index < -0.39 is 5.41 Å². The minimum absolute atomic E-state index is 0.151. The molecule has 8 nitrogen and oxygen atoms in total. The van der Waals surface area contributed by atoms with E-state index in [0.717, 1.165) is 40.3 Å². The number of anilines is 3. The van der Waals surface area contributed by atoms with Crippen LogP contribution in [-0.2, 0) is 33.9 Å². The standard InChI is InChI=1S/C33H39N5O3/c1-6-37-28-15-13-24(20-29(28)35(5)31(40)33(3,4)32(37)41)21-36(22-26-11-9-17-34-23(26)2)18-19-38-27-12-8-7-10-25(27)14-16-30(38)39/h7-13,15,17,20H,6,14,16,18-19,21-22H2,1-5H3. The molecule has 214 valence electrons. The Hall–Kier alpha value is -4.04. The van der Waals surface area contributed by atoms with Gasteiger partial charge in [-0.3, -0.25) is 24.3 Å². The Bertz CT molecular complexity index is 1480. The van der Waals surface area contributed by atoms with Crippen molar-refractivity contribution in [3.05, 3.63) is 83.2 Å². The van der Waals surface area contributed by atoms with Crippen LogP contribution in [0.1, 0.15) is 49.6 Å². The maximum atomic E-state index is 13.3. The fraction of sp³-hybridized carbons (Fsp3) is 0.394. The van der Waals surface area contributed by atoms with Crippen LogP contribution in [0.2, 0.25) is 0 Å². The predicted octanol–water partition coefficient (Wildman–Crippen LogP) is 4.73. The van der Waals surface area contributed by atoms with Crippen LogP contribution in [0.15, 0.2) is 60.8 Å². The van der Waals surface area contributed by atoms with Crippen LogP contribution in [0.25, 0.3) is 0 Å². The molecule has 0 saturated heterocycles. The van der Waals surface area contributed by atoms with Gasteiger partial charge in [0.15, 0.2) is 0 Å². The molecule has 0 radical (unpaired) electrons. The van der Waals surface area contributed by atoms with Crippen molar-refractivity contribution in [1.82, 2.24) is 9.88 Å². The highest BCUT2D eigenvalue weighted by Gasteiger charge is 2.45. The van der Waals surface area contributed by atoms with Gasteiger partial charge in [0.25, 0.3) is 0 Å². The first kappa shape index (κ1) is 28.5. The van der Waals surface area contributed by atoms with E-state index in [9.17, 15) is 14.4 Å². The van der Waals surface area contributed by atoms with Crippen molar-refractivity contribution in [1.29, 1.82) is 0 Å². The molecule has 0 bridgehead atoms. The molecule has 0 aliphatic carbocycles. The quantitative estimate of drug-likeness (QED) is 0.377. The second kappa shape index (κ2) is 11.4.